The number of urea groups is 1. The molecule has 1 heterocycles. The van der Waals surface area contributed by atoms with E-state index in [1.807, 2.05) is 12.2 Å². The molecule has 0 aliphatic rings. The molecule has 0 saturated heterocycles. The number of hydrogen-bond donors (Lipinski definition) is 3. The maximum absolute atomic E-state index is 11.4. The molecule has 6 heteroatoms. The van der Waals surface area contributed by atoms with Gasteiger partial charge in [-0.05, 0) is 26.0 Å². The molecule has 0 aromatic carbocycles. The van der Waals surface area contributed by atoms with Gasteiger partial charge >= 0.3 is 6.03 Å². The molecule has 88 valence electrons. The Kier molecular flexibility index (Phi) is 4.07. The molecule has 2 unspecified atom stereocenters. The maximum atomic E-state index is 11.4. The molecule has 0 bridgehead atoms. The number of imide groups is 1. The van der Waals surface area contributed by atoms with Crippen LogP contribution in [0.1, 0.15) is 25.6 Å². The summed E-state index contributed by atoms with van der Waals surface area (Å²) in [5.41, 5.74) is 4.84. The van der Waals surface area contributed by atoms with E-state index in [9.17, 15) is 9.59 Å². The largest absolute Gasteiger partial charge is 0.468 e. The van der Waals surface area contributed by atoms with E-state index in [4.69, 9.17) is 10.2 Å². The van der Waals surface area contributed by atoms with Crippen LogP contribution in [-0.4, -0.2) is 18.0 Å². The third-order valence-electron chi connectivity index (χ3n) is 2.11. The fourth-order valence-electron chi connectivity index (χ4n) is 1.30. The number of nitrogens with two attached hydrogens (primary N) is 1. The number of hydrogen-bond acceptors (Lipinski definition) is 4. The Bertz CT molecular complexity index is 361. The summed E-state index contributed by atoms with van der Waals surface area (Å²) >= 11 is 0. The third-order valence-corrected chi connectivity index (χ3v) is 2.11. The first-order chi connectivity index (χ1) is 7.50. The first-order valence-electron chi connectivity index (χ1n) is 4.90. The highest BCUT2D eigenvalue weighted by atomic mass is 16.3. The van der Waals surface area contributed by atoms with Crippen LogP contribution in [0.2, 0.25) is 0 Å². The monoisotopic (exact) mass is 225 g/mol. The van der Waals surface area contributed by atoms with Crippen molar-refractivity contribution in [2.75, 3.05) is 0 Å². The normalized spacial score (nSPS) is 14.1. The van der Waals surface area contributed by atoms with Gasteiger partial charge in [-0.3, -0.25) is 15.4 Å². The molecule has 1 aromatic heterocycles. The summed E-state index contributed by atoms with van der Waals surface area (Å²) in [6, 6.07) is 2.05. The Labute approximate surface area is 93.2 Å². The van der Waals surface area contributed by atoms with E-state index >= 15 is 0 Å². The fourth-order valence-corrected chi connectivity index (χ4v) is 1.30. The minimum atomic E-state index is -0.857. The van der Waals surface area contributed by atoms with Crippen molar-refractivity contribution < 1.29 is 14.0 Å². The van der Waals surface area contributed by atoms with Gasteiger partial charge in [-0.2, -0.15) is 0 Å². The summed E-state index contributed by atoms with van der Waals surface area (Å²) in [5, 5.41) is 4.97. The Morgan fingerprint density at radius 2 is 2.12 bits per heavy atom. The second-order valence-electron chi connectivity index (χ2n) is 3.48. The molecule has 3 amide bonds. The van der Waals surface area contributed by atoms with Crippen LogP contribution >= 0.6 is 0 Å². The van der Waals surface area contributed by atoms with Crippen molar-refractivity contribution in [1.29, 1.82) is 0 Å². The standard InChI is InChI=1S/C10H15N3O3/c1-6(8-4-3-5-16-8)12-7(2)9(14)13-10(11)15/h3-7,12H,1-2H3,(H3,11,13,14,15). The average Bonchev–Trinajstić information content (AvgIpc) is 2.68. The molecule has 0 fully saturated rings. The molecule has 1 rings (SSSR count). The lowest BCUT2D eigenvalue weighted by Gasteiger charge is -2.17. The zero-order chi connectivity index (χ0) is 12.1. The quantitative estimate of drug-likeness (QED) is 0.695. The summed E-state index contributed by atoms with van der Waals surface area (Å²) in [4.78, 5) is 21.8. The highest BCUT2D eigenvalue weighted by molar-refractivity contribution is 5.96. The number of primary amides is 1. The summed E-state index contributed by atoms with van der Waals surface area (Å²) < 4.78 is 5.17. The summed E-state index contributed by atoms with van der Waals surface area (Å²) in [7, 11) is 0. The van der Waals surface area contributed by atoms with Gasteiger partial charge < -0.3 is 10.2 Å². The Hall–Kier alpha value is -1.82. The Balaban J connectivity index is 2.48. The molecule has 0 aliphatic heterocycles. The number of amides is 3. The van der Waals surface area contributed by atoms with Gasteiger partial charge in [0.1, 0.15) is 5.76 Å². The van der Waals surface area contributed by atoms with Crippen molar-refractivity contribution in [1.82, 2.24) is 10.6 Å². The Morgan fingerprint density at radius 3 is 2.62 bits per heavy atom. The highest BCUT2D eigenvalue weighted by Crippen LogP contribution is 2.12. The van der Waals surface area contributed by atoms with E-state index in [1.165, 1.54) is 0 Å². The fraction of sp³-hybridized carbons (Fsp3) is 0.400. The number of carbonyl (C=O) groups excluding carboxylic acids is 2. The smallest absolute Gasteiger partial charge is 0.318 e. The molecule has 0 aliphatic carbocycles. The van der Waals surface area contributed by atoms with Gasteiger partial charge in [-0.1, -0.05) is 0 Å². The minimum Gasteiger partial charge on any atom is -0.468 e. The van der Waals surface area contributed by atoms with E-state index in [2.05, 4.69) is 5.32 Å². The minimum absolute atomic E-state index is 0.122. The molecule has 1 aromatic rings. The predicted octanol–water partition coefficient (Wildman–Crippen LogP) is 0.514. The van der Waals surface area contributed by atoms with Crippen LogP contribution in [0, 0.1) is 0 Å². The number of furan rings is 1. The molecular formula is C10H15N3O3. The lowest BCUT2D eigenvalue weighted by atomic mass is 10.2. The van der Waals surface area contributed by atoms with Crippen LogP contribution in [-0.2, 0) is 4.79 Å². The zero-order valence-corrected chi connectivity index (χ0v) is 9.19. The number of carbonyl (C=O) groups is 2. The van der Waals surface area contributed by atoms with E-state index in [-0.39, 0.29) is 6.04 Å². The molecule has 0 spiro atoms. The zero-order valence-electron chi connectivity index (χ0n) is 9.19. The van der Waals surface area contributed by atoms with Crippen molar-refractivity contribution in [3.63, 3.8) is 0 Å². The Morgan fingerprint density at radius 1 is 1.44 bits per heavy atom. The molecule has 2 atom stereocenters. The maximum Gasteiger partial charge on any atom is 0.318 e. The lowest BCUT2D eigenvalue weighted by molar-refractivity contribution is -0.121. The second-order valence-corrected chi connectivity index (χ2v) is 3.48. The van der Waals surface area contributed by atoms with Gasteiger partial charge in [-0.25, -0.2) is 4.79 Å². The van der Waals surface area contributed by atoms with Crippen LogP contribution in [0.3, 0.4) is 0 Å². The molecule has 6 nitrogen and oxygen atoms in total. The second kappa shape index (κ2) is 5.32. The molecular weight excluding hydrogens is 210 g/mol. The van der Waals surface area contributed by atoms with Gasteiger partial charge in [0.2, 0.25) is 5.91 Å². The van der Waals surface area contributed by atoms with E-state index in [0.29, 0.717) is 0 Å². The van der Waals surface area contributed by atoms with Crippen LogP contribution in [0.5, 0.6) is 0 Å². The van der Waals surface area contributed by atoms with Crippen molar-refractivity contribution in [3.8, 4) is 0 Å². The first kappa shape index (κ1) is 12.3. The average molecular weight is 225 g/mol. The molecule has 16 heavy (non-hydrogen) atoms. The van der Waals surface area contributed by atoms with Crippen LogP contribution in [0.25, 0.3) is 0 Å². The van der Waals surface area contributed by atoms with Crippen LogP contribution in [0.4, 0.5) is 4.79 Å². The van der Waals surface area contributed by atoms with Gasteiger partial charge in [0, 0.05) is 0 Å². The summed E-state index contributed by atoms with van der Waals surface area (Å²) in [6.45, 7) is 3.49. The third kappa shape index (κ3) is 3.39. The number of rotatable bonds is 4. The van der Waals surface area contributed by atoms with Gasteiger partial charge in [0.05, 0.1) is 18.3 Å². The highest BCUT2D eigenvalue weighted by Gasteiger charge is 2.18. The lowest BCUT2D eigenvalue weighted by Crippen LogP contribution is -2.47. The van der Waals surface area contributed by atoms with Crippen molar-refractivity contribution in [2.24, 2.45) is 5.73 Å². The van der Waals surface area contributed by atoms with Crippen molar-refractivity contribution in [3.05, 3.63) is 24.2 Å². The van der Waals surface area contributed by atoms with Crippen molar-refractivity contribution in [2.45, 2.75) is 25.9 Å². The SMILES string of the molecule is CC(NC(C)c1ccco1)C(=O)NC(N)=O. The van der Waals surface area contributed by atoms with Crippen LogP contribution < -0.4 is 16.4 Å². The van der Waals surface area contributed by atoms with Crippen molar-refractivity contribution >= 4 is 11.9 Å². The van der Waals surface area contributed by atoms with E-state index in [1.54, 1.807) is 25.3 Å². The topological polar surface area (TPSA) is 97.4 Å². The van der Waals surface area contributed by atoms with E-state index < -0.39 is 18.0 Å². The molecule has 0 radical (unpaired) electrons. The van der Waals surface area contributed by atoms with Crippen LogP contribution in [0.15, 0.2) is 22.8 Å². The van der Waals surface area contributed by atoms with E-state index in [0.717, 1.165) is 5.76 Å². The van der Waals surface area contributed by atoms with Gasteiger partial charge in [-0.15, -0.1) is 0 Å². The summed E-state index contributed by atoms with van der Waals surface area (Å²) in [5.74, 6) is 0.254. The molecule has 4 N–H and O–H groups in total. The van der Waals surface area contributed by atoms with Gasteiger partial charge in [0.15, 0.2) is 0 Å². The first-order valence-corrected chi connectivity index (χ1v) is 4.90. The summed E-state index contributed by atoms with van der Waals surface area (Å²) in [6.07, 6.45) is 1.56. The van der Waals surface area contributed by atoms with Gasteiger partial charge in [0.25, 0.3) is 0 Å². The predicted molar refractivity (Wildman–Crippen MR) is 57.4 cm³/mol. The molecule has 0 saturated carbocycles. The number of nitrogens with one attached hydrogen (secondary N) is 2.